The largest absolute Gasteiger partial charge is 0.461 e. The van der Waals surface area contributed by atoms with Gasteiger partial charge in [0.1, 0.15) is 6.61 Å². The maximum absolute atomic E-state index is 11.7. The lowest BCUT2D eigenvalue weighted by Crippen LogP contribution is -2.11. The zero-order chi connectivity index (χ0) is 14.4. The topological polar surface area (TPSA) is 78.3 Å². The molecule has 0 aliphatic heterocycles. The Labute approximate surface area is 120 Å². The Morgan fingerprint density at radius 1 is 1.10 bits per heavy atom. The van der Waals surface area contributed by atoms with E-state index < -0.39 is 0 Å². The summed E-state index contributed by atoms with van der Waals surface area (Å²) in [5.74, 6) is 0.580. The maximum atomic E-state index is 11.7. The second-order valence-corrected chi connectivity index (χ2v) is 5.71. The van der Waals surface area contributed by atoms with Gasteiger partial charge in [-0.3, -0.25) is 4.79 Å². The molecule has 1 aliphatic rings. The van der Waals surface area contributed by atoms with E-state index in [0.717, 1.165) is 12.0 Å². The lowest BCUT2D eigenvalue weighted by molar-refractivity contribution is -0.145. The van der Waals surface area contributed by atoms with Gasteiger partial charge >= 0.3 is 5.97 Å². The number of hydrogen-bond donors (Lipinski definition) is 2. The normalized spacial score (nSPS) is 16.0. The molecule has 0 spiro atoms. The minimum Gasteiger partial charge on any atom is -0.461 e. The third kappa shape index (κ3) is 4.76. The SMILES string of the molecule is Nc1cc(N)cc(COC(=O)CCC2CCCCC2)c1. The fourth-order valence-corrected chi connectivity index (χ4v) is 2.86. The van der Waals surface area contributed by atoms with Crippen LogP contribution in [0.25, 0.3) is 0 Å². The van der Waals surface area contributed by atoms with Gasteiger partial charge in [0, 0.05) is 17.8 Å². The van der Waals surface area contributed by atoms with E-state index in [-0.39, 0.29) is 12.6 Å². The molecule has 20 heavy (non-hydrogen) atoms. The van der Waals surface area contributed by atoms with Crippen LogP contribution in [-0.4, -0.2) is 5.97 Å². The van der Waals surface area contributed by atoms with Crippen molar-refractivity contribution in [2.24, 2.45) is 5.92 Å². The zero-order valence-electron chi connectivity index (χ0n) is 11.9. The number of benzene rings is 1. The van der Waals surface area contributed by atoms with Crippen molar-refractivity contribution in [1.82, 2.24) is 0 Å². The maximum Gasteiger partial charge on any atom is 0.306 e. The van der Waals surface area contributed by atoms with E-state index in [1.807, 2.05) is 0 Å². The predicted octanol–water partition coefficient (Wildman–Crippen LogP) is 3.25. The van der Waals surface area contributed by atoms with Crippen molar-refractivity contribution in [2.45, 2.75) is 51.6 Å². The van der Waals surface area contributed by atoms with Crippen LogP contribution in [0.4, 0.5) is 11.4 Å². The van der Waals surface area contributed by atoms with Crippen molar-refractivity contribution in [3.05, 3.63) is 23.8 Å². The van der Waals surface area contributed by atoms with Gasteiger partial charge in [0.2, 0.25) is 0 Å². The molecule has 1 fully saturated rings. The van der Waals surface area contributed by atoms with Crippen LogP contribution < -0.4 is 11.5 Å². The zero-order valence-corrected chi connectivity index (χ0v) is 11.9. The molecule has 1 saturated carbocycles. The monoisotopic (exact) mass is 276 g/mol. The van der Waals surface area contributed by atoms with E-state index in [2.05, 4.69) is 0 Å². The van der Waals surface area contributed by atoms with Gasteiger partial charge in [-0.15, -0.1) is 0 Å². The Bertz CT molecular complexity index is 434. The van der Waals surface area contributed by atoms with Crippen LogP contribution >= 0.6 is 0 Å². The highest BCUT2D eigenvalue weighted by molar-refractivity contribution is 5.69. The highest BCUT2D eigenvalue weighted by atomic mass is 16.5. The number of hydrogen-bond acceptors (Lipinski definition) is 4. The summed E-state index contributed by atoms with van der Waals surface area (Å²) in [7, 11) is 0. The standard InChI is InChI=1S/C16H24N2O2/c17-14-8-13(9-15(18)10-14)11-20-16(19)7-6-12-4-2-1-3-5-12/h8-10,12H,1-7,11,17-18H2. The van der Waals surface area contributed by atoms with E-state index in [0.29, 0.717) is 23.7 Å². The minimum atomic E-state index is -0.128. The molecule has 4 N–H and O–H groups in total. The molecule has 1 aromatic rings. The van der Waals surface area contributed by atoms with Crippen molar-refractivity contribution >= 4 is 17.3 Å². The first-order chi connectivity index (χ1) is 9.63. The van der Waals surface area contributed by atoms with E-state index in [1.54, 1.807) is 18.2 Å². The Morgan fingerprint density at radius 3 is 2.40 bits per heavy atom. The summed E-state index contributed by atoms with van der Waals surface area (Å²) in [6, 6.07) is 5.25. The molecular weight excluding hydrogens is 252 g/mol. The van der Waals surface area contributed by atoms with Crippen LogP contribution in [0.3, 0.4) is 0 Å². The summed E-state index contributed by atoms with van der Waals surface area (Å²) in [5.41, 5.74) is 13.4. The van der Waals surface area contributed by atoms with E-state index in [9.17, 15) is 4.79 Å². The smallest absolute Gasteiger partial charge is 0.306 e. The van der Waals surface area contributed by atoms with Crippen molar-refractivity contribution in [2.75, 3.05) is 11.5 Å². The summed E-state index contributed by atoms with van der Waals surface area (Å²) in [6.45, 7) is 0.249. The van der Waals surface area contributed by atoms with E-state index in [1.165, 1.54) is 32.1 Å². The fourth-order valence-electron chi connectivity index (χ4n) is 2.86. The molecule has 1 aromatic carbocycles. The number of nitrogens with two attached hydrogens (primary N) is 2. The molecule has 0 saturated heterocycles. The Kier molecular flexibility index (Phi) is 5.27. The van der Waals surface area contributed by atoms with Crippen LogP contribution in [0, 0.1) is 5.92 Å². The third-order valence-electron chi connectivity index (χ3n) is 3.92. The lowest BCUT2D eigenvalue weighted by atomic mass is 9.86. The van der Waals surface area contributed by atoms with Gasteiger partial charge in [0.15, 0.2) is 0 Å². The Morgan fingerprint density at radius 2 is 1.75 bits per heavy atom. The van der Waals surface area contributed by atoms with Crippen LogP contribution in [0.15, 0.2) is 18.2 Å². The summed E-state index contributed by atoms with van der Waals surface area (Å²) in [5, 5.41) is 0. The van der Waals surface area contributed by atoms with Gasteiger partial charge in [-0.05, 0) is 36.1 Å². The molecule has 0 aromatic heterocycles. The fraction of sp³-hybridized carbons (Fsp3) is 0.562. The summed E-state index contributed by atoms with van der Waals surface area (Å²) in [4.78, 5) is 11.7. The first-order valence-electron chi connectivity index (χ1n) is 7.44. The summed E-state index contributed by atoms with van der Waals surface area (Å²) < 4.78 is 5.28. The van der Waals surface area contributed by atoms with Crippen molar-refractivity contribution < 1.29 is 9.53 Å². The number of esters is 1. The first-order valence-corrected chi connectivity index (χ1v) is 7.44. The van der Waals surface area contributed by atoms with Crippen molar-refractivity contribution in [3.8, 4) is 0 Å². The molecule has 0 unspecified atom stereocenters. The molecule has 1 aliphatic carbocycles. The van der Waals surface area contributed by atoms with Gasteiger partial charge in [-0.1, -0.05) is 32.1 Å². The average molecular weight is 276 g/mol. The molecular formula is C16H24N2O2. The quantitative estimate of drug-likeness (QED) is 0.639. The van der Waals surface area contributed by atoms with Gasteiger partial charge in [-0.25, -0.2) is 0 Å². The lowest BCUT2D eigenvalue weighted by Gasteiger charge is -2.20. The van der Waals surface area contributed by atoms with Crippen LogP contribution in [0.2, 0.25) is 0 Å². The molecule has 0 heterocycles. The van der Waals surface area contributed by atoms with Crippen LogP contribution in [-0.2, 0) is 16.1 Å². The number of carbonyl (C=O) groups excluding carboxylic acids is 1. The van der Waals surface area contributed by atoms with Gasteiger partial charge in [-0.2, -0.15) is 0 Å². The van der Waals surface area contributed by atoms with Crippen molar-refractivity contribution in [1.29, 1.82) is 0 Å². The number of nitrogen functional groups attached to an aromatic ring is 2. The molecule has 0 atom stereocenters. The first kappa shape index (κ1) is 14.7. The third-order valence-corrected chi connectivity index (χ3v) is 3.92. The molecule has 2 rings (SSSR count). The van der Waals surface area contributed by atoms with Crippen LogP contribution in [0.5, 0.6) is 0 Å². The Balaban J connectivity index is 1.71. The average Bonchev–Trinajstić information content (AvgIpc) is 2.43. The van der Waals surface area contributed by atoms with E-state index >= 15 is 0 Å². The molecule has 0 bridgehead atoms. The van der Waals surface area contributed by atoms with Gasteiger partial charge in [0.05, 0.1) is 0 Å². The van der Waals surface area contributed by atoms with Gasteiger partial charge < -0.3 is 16.2 Å². The second kappa shape index (κ2) is 7.17. The molecule has 110 valence electrons. The molecule has 0 radical (unpaired) electrons. The van der Waals surface area contributed by atoms with Gasteiger partial charge in [0.25, 0.3) is 0 Å². The number of carbonyl (C=O) groups is 1. The molecule has 4 heteroatoms. The number of rotatable bonds is 5. The van der Waals surface area contributed by atoms with Crippen LogP contribution in [0.1, 0.15) is 50.5 Å². The predicted molar refractivity (Wildman–Crippen MR) is 80.9 cm³/mol. The minimum absolute atomic E-state index is 0.128. The molecule has 4 nitrogen and oxygen atoms in total. The van der Waals surface area contributed by atoms with Crippen molar-refractivity contribution in [3.63, 3.8) is 0 Å². The number of anilines is 2. The highest BCUT2D eigenvalue weighted by Crippen LogP contribution is 2.27. The Hall–Kier alpha value is -1.71. The summed E-state index contributed by atoms with van der Waals surface area (Å²) in [6.07, 6.45) is 7.96. The van der Waals surface area contributed by atoms with E-state index in [4.69, 9.17) is 16.2 Å². The summed E-state index contributed by atoms with van der Waals surface area (Å²) >= 11 is 0. The number of ether oxygens (including phenoxy) is 1. The highest BCUT2D eigenvalue weighted by Gasteiger charge is 2.15. The molecule has 0 amide bonds. The second-order valence-electron chi connectivity index (χ2n) is 5.71.